The van der Waals surface area contributed by atoms with Crippen molar-refractivity contribution >= 4 is 17.9 Å². The third kappa shape index (κ3) is 47.4. The Kier molecular flexibility index (Phi) is 47.0. The van der Waals surface area contributed by atoms with E-state index >= 15 is 0 Å². The summed E-state index contributed by atoms with van der Waals surface area (Å²) >= 11 is 0. The van der Waals surface area contributed by atoms with Crippen molar-refractivity contribution in [1.82, 2.24) is 0 Å². The highest BCUT2D eigenvalue weighted by Gasteiger charge is 2.19. The number of esters is 3. The third-order valence-corrected chi connectivity index (χ3v) is 10.3. The number of ether oxygens (including phenoxy) is 3. The molecule has 0 aromatic carbocycles. The predicted octanol–water partition coefficient (Wildman–Crippen LogP) is 16.6. The fourth-order valence-corrected chi connectivity index (χ4v) is 6.51. The number of allylic oxidation sites excluding steroid dienone is 16. The van der Waals surface area contributed by atoms with Crippen molar-refractivity contribution in [3.8, 4) is 0 Å². The van der Waals surface area contributed by atoms with E-state index in [1.165, 1.54) is 70.6 Å². The molecule has 0 heterocycles. The van der Waals surface area contributed by atoms with Gasteiger partial charge in [-0.15, -0.1) is 0 Å². The molecule has 62 heavy (non-hydrogen) atoms. The van der Waals surface area contributed by atoms with E-state index in [-0.39, 0.29) is 31.6 Å². The summed E-state index contributed by atoms with van der Waals surface area (Å²) in [4.78, 5) is 37.9. The second-order valence-corrected chi connectivity index (χ2v) is 16.3. The Labute approximate surface area is 381 Å². The lowest BCUT2D eigenvalue weighted by Crippen LogP contribution is -2.30. The van der Waals surface area contributed by atoms with Gasteiger partial charge in [0.15, 0.2) is 6.10 Å². The van der Waals surface area contributed by atoms with E-state index in [0.717, 1.165) is 103 Å². The molecule has 0 bridgehead atoms. The molecule has 0 aliphatic rings. The van der Waals surface area contributed by atoms with Crippen LogP contribution < -0.4 is 0 Å². The van der Waals surface area contributed by atoms with Gasteiger partial charge in [0, 0.05) is 19.3 Å². The molecule has 0 saturated heterocycles. The van der Waals surface area contributed by atoms with Crippen molar-refractivity contribution in [2.75, 3.05) is 13.2 Å². The summed E-state index contributed by atoms with van der Waals surface area (Å²) < 4.78 is 16.7. The maximum absolute atomic E-state index is 12.7. The van der Waals surface area contributed by atoms with Crippen LogP contribution in [0.2, 0.25) is 0 Å². The van der Waals surface area contributed by atoms with Crippen molar-refractivity contribution in [3.05, 3.63) is 97.2 Å². The topological polar surface area (TPSA) is 78.9 Å². The van der Waals surface area contributed by atoms with Crippen molar-refractivity contribution < 1.29 is 28.6 Å². The number of carbonyl (C=O) groups is 3. The molecular weight excluding hydrogens is 769 g/mol. The zero-order valence-corrected chi connectivity index (χ0v) is 40.1. The first-order valence-electron chi connectivity index (χ1n) is 25.2. The number of hydrogen-bond acceptors (Lipinski definition) is 6. The second-order valence-electron chi connectivity index (χ2n) is 16.3. The first kappa shape index (κ1) is 58.3. The van der Waals surface area contributed by atoms with Crippen molar-refractivity contribution in [3.63, 3.8) is 0 Å². The molecule has 0 radical (unpaired) electrons. The zero-order valence-electron chi connectivity index (χ0n) is 40.1. The summed E-state index contributed by atoms with van der Waals surface area (Å²) in [7, 11) is 0. The average Bonchev–Trinajstić information content (AvgIpc) is 3.27. The Morgan fingerprint density at radius 2 is 0.661 bits per heavy atom. The fraction of sp³-hybridized carbons (Fsp3) is 0.661. The van der Waals surface area contributed by atoms with Gasteiger partial charge in [-0.25, -0.2) is 0 Å². The van der Waals surface area contributed by atoms with E-state index in [2.05, 4.69) is 112 Å². The van der Waals surface area contributed by atoms with Gasteiger partial charge < -0.3 is 14.2 Å². The van der Waals surface area contributed by atoms with E-state index in [9.17, 15) is 14.4 Å². The van der Waals surface area contributed by atoms with Crippen LogP contribution in [0.3, 0.4) is 0 Å². The third-order valence-electron chi connectivity index (χ3n) is 10.3. The molecular formula is C56H92O6. The van der Waals surface area contributed by atoms with Gasteiger partial charge in [0.25, 0.3) is 0 Å². The Balaban J connectivity index is 4.51. The smallest absolute Gasteiger partial charge is 0.306 e. The lowest BCUT2D eigenvalue weighted by atomic mass is 10.1. The second kappa shape index (κ2) is 50.0. The minimum Gasteiger partial charge on any atom is -0.462 e. The Morgan fingerprint density at radius 3 is 1.11 bits per heavy atom. The van der Waals surface area contributed by atoms with Crippen LogP contribution in [0.15, 0.2) is 97.2 Å². The van der Waals surface area contributed by atoms with Crippen LogP contribution in [0.25, 0.3) is 0 Å². The summed E-state index contributed by atoms with van der Waals surface area (Å²) in [5, 5.41) is 0. The highest BCUT2D eigenvalue weighted by Crippen LogP contribution is 2.12. The van der Waals surface area contributed by atoms with Gasteiger partial charge in [-0.2, -0.15) is 0 Å². The Bertz CT molecular complexity index is 1260. The molecule has 6 nitrogen and oxygen atoms in total. The lowest BCUT2D eigenvalue weighted by Gasteiger charge is -2.18. The molecule has 352 valence electrons. The molecule has 0 aromatic rings. The molecule has 0 spiro atoms. The molecule has 0 amide bonds. The summed E-state index contributed by atoms with van der Waals surface area (Å²) in [6.07, 6.45) is 65.4. The summed E-state index contributed by atoms with van der Waals surface area (Å²) in [5.74, 6) is -1.03. The highest BCUT2D eigenvalue weighted by molar-refractivity contribution is 5.71. The van der Waals surface area contributed by atoms with Gasteiger partial charge >= 0.3 is 17.9 Å². The van der Waals surface area contributed by atoms with Crippen LogP contribution in [-0.4, -0.2) is 37.2 Å². The zero-order chi connectivity index (χ0) is 45.1. The molecule has 1 unspecified atom stereocenters. The fourth-order valence-electron chi connectivity index (χ4n) is 6.51. The Morgan fingerprint density at radius 1 is 0.339 bits per heavy atom. The summed E-state index contributed by atoms with van der Waals surface area (Å²) in [5.41, 5.74) is 0. The molecule has 0 aliphatic heterocycles. The summed E-state index contributed by atoms with van der Waals surface area (Å²) in [6, 6.07) is 0. The summed E-state index contributed by atoms with van der Waals surface area (Å²) in [6.45, 7) is 6.39. The normalized spacial score (nSPS) is 12.9. The van der Waals surface area contributed by atoms with Gasteiger partial charge in [0.1, 0.15) is 13.2 Å². The number of rotatable bonds is 44. The minimum absolute atomic E-state index is 0.116. The van der Waals surface area contributed by atoms with Gasteiger partial charge in [0.05, 0.1) is 0 Å². The van der Waals surface area contributed by atoms with Crippen LogP contribution in [0, 0.1) is 0 Å². The van der Waals surface area contributed by atoms with Crippen molar-refractivity contribution in [2.24, 2.45) is 0 Å². The van der Waals surface area contributed by atoms with Crippen LogP contribution >= 0.6 is 0 Å². The standard InChI is InChI=1S/C56H92O6/c1-4-7-10-13-16-19-22-25-26-27-28-29-30-32-34-37-40-43-46-49-55(58)61-52-53(51-60-54(57)48-45-42-39-36-33-24-21-18-15-12-9-6-3)62-56(59)50-47-44-41-38-35-31-23-20-17-14-11-8-5-2/h7,10,16,18-19,21,25-26,28-29,31-32,34-35,41,44,53H,4-6,8-9,11-15,17,20,22-24,27,30,33,36-40,42-43,45-52H2,1-3H3/b10-7-,19-16-,21-18-,26-25-,29-28-,34-32-,35-31-,44-41-. The van der Waals surface area contributed by atoms with E-state index in [1.54, 1.807) is 0 Å². The largest absolute Gasteiger partial charge is 0.462 e. The van der Waals surface area contributed by atoms with Gasteiger partial charge in [-0.1, -0.05) is 189 Å². The number of hydrogen-bond donors (Lipinski definition) is 0. The van der Waals surface area contributed by atoms with Crippen molar-refractivity contribution in [1.29, 1.82) is 0 Å². The molecule has 0 N–H and O–H groups in total. The van der Waals surface area contributed by atoms with Gasteiger partial charge in [-0.3, -0.25) is 14.4 Å². The van der Waals surface area contributed by atoms with Crippen LogP contribution in [0.1, 0.15) is 220 Å². The SMILES string of the molecule is CC/C=C\C/C=C\C/C=C\C/C=C\C/C=C\CCCCCC(=O)OCC(COC(=O)CCCCCCC/C=C\CCCCC)OC(=O)CC/C=C\C/C=C\CCCCCCCC. The average molecular weight is 861 g/mol. The maximum Gasteiger partial charge on any atom is 0.306 e. The van der Waals surface area contributed by atoms with Gasteiger partial charge in [0.2, 0.25) is 0 Å². The molecule has 0 rings (SSSR count). The first-order valence-corrected chi connectivity index (χ1v) is 25.2. The van der Waals surface area contributed by atoms with E-state index in [4.69, 9.17) is 14.2 Å². The van der Waals surface area contributed by atoms with Crippen LogP contribution in [-0.2, 0) is 28.6 Å². The number of carbonyl (C=O) groups excluding carboxylic acids is 3. The lowest BCUT2D eigenvalue weighted by molar-refractivity contribution is -0.166. The molecule has 0 fully saturated rings. The highest BCUT2D eigenvalue weighted by atomic mass is 16.6. The molecule has 0 saturated carbocycles. The van der Waals surface area contributed by atoms with E-state index in [0.29, 0.717) is 19.3 Å². The monoisotopic (exact) mass is 861 g/mol. The maximum atomic E-state index is 12.7. The molecule has 0 aromatic heterocycles. The van der Waals surface area contributed by atoms with E-state index < -0.39 is 12.1 Å². The molecule has 6 heteroatoms. The quantitative estimate of drug-likeness (QED) is 0.0263. The van der Waals surface area contributed by atoms with E-state index in [1.807, 2.05) is 6.08 Å². The molecule has 1 atom stereocenters. The van der Waals surface area contributed by atoms with Crippen molar-refractivity contribution in [2.45, 2.75) is 226 Å². The predicted molar refractivity (Wildman–Crippen MR) is 265 cm³/mol. The Hall–Kier alpha value is -3.67. The van der Waals surface area contributed by atoms with Gasteiger partial charge in [-0.05, 0) is 109 Å². The minimum atomic E-state index is -0.824. The molecule has 0 aliphatic carbocycles. The van der Waals surface area contributed by atoms with Crippen LogP contribution in [0.5, 0.6) is 0 Å². The van der Waals surface area contributed by atoms with Crippen LogP contribution in [0.4, 0.5) is 0 Å². The first-order chi connectivity index (χ1) is 30.5. The number of unbranched alkanes of at least 4 members (excludes halogenated alkanes) is 17.